The quantitative estimate of drug-likeness (QED) is 0.358. The van der Waals surface area contributed by atoms with Crippen LogP contribution in [0.1, 0.15) is 39.0 Å². The van der Waals surface area contributed by atoms with E-state index < -0.39 is 0 Å². The van der Waals surface area contributed by atoms with Gasteiger partial charge >= 0.3 is 0 Å². The number of ether oxygens (including phenoxy) is 2. The average molecular weight is 477 g/mol. The molecule has 1 amide bonds. The maximum Gasteiger partial charge on any atom is 0.233 e. The minimum absolute atomic E-state index is 0.00801. The first-order chi connectivity index (χ1) is 16.7. The van der Waals surface area contributed by atoms with Gasteiger partial charge in [0.1, 0.15) is 0 Å². The molecule has 2 heterocycles. The molecule has 1 unspecified atom stereocenters. The molecule has 34 heavy (non-hydrogen) atoms. The number of hydrogen-bond donors (Lipinski definition) is 1. The lowest BCUT2D eigenvalue weighted by molar-refractivity contribution is -0.120. The van der Waals surface area contributed by atoms with E-state index in [1.54, 1.807) is 0 Å². The molecule has 1 atom stereocenters. The number of thioether (sulfide) groups is 1. The number of nitrogens with zero attached hydrogens (tertiary/aromatic N) is 3. The van der Waals surface area contributed by atoms with Crippen LogP contribution in [0.25, 0.3) is 17.1 Å². The molecule has 176 valence electrons. The van der Waals surface area contributed by atoms with Crippen molar-refractivity contribution >= 4 is 17.7 Å². The Balaban J connectivity index is 1.34. The second kappa shape index (κ2) is 10.3. The topological polar surface area (TPSA) is 78.3 Å². The maximum atomic E-state index is 12.8. The highest BCUT2D eigenvalue weighted by Crippen LogP contribution is 2.37. The fourth-order valence-corrected chi connectivity index (χ4v) is 5.10. The molecule has 3 aromatic rings. The van der Waals surface area contributed by atoms with E-state index in [2.05, 4.69) is 21.6 Å². The summed E-state index contributed by atoms with van der Waals surface area (Å²) in [5, 5.41) is 12.4. The Labute approximate surface area is 203 Å². The Morgan fingerprint density at radius 1 is 1.12 bits per heavy atom. The van der Waals surface area contributed by atoms with Crippen molar-refractivity contribution in [1.82, 2.24) is 20.1 Å². The summed E-state index contributed by atoms with van der Waals surface area (Å²) in [4.78, 5) is 12.8. The smallest absolute Gasteiger partial charge is 0.233 e. The van der Waals surface area contributed by atoms with E-state index in [0.29, 0.717) is 23.3 Å². The third-order valence-corrected chi connectivity index (χ3v) is 7.10. The van der Waals surface area contributed by atoms with Crippen molar-refractivity contribution in [3.8, 4) is 28.6 Å². The number of fused-ring (bicyclic) bond motifs is 1. The third kappa shape index (κ3) is 4.97. The fraction of sp³-hybridized carbons (Fsp3) is 0.346. The minimum Gasteiger partial charge on any atom is -0.454 e. The van der Waals surface area contributed by atoms with E-state index in [9.17, 15) is 4.79 Å². The van der Waals surface area contributed by atoms with Gasteiger partial charge in [-0.15, -0.1) is 10.2 Å². The van der Waals surface area contributed by atoms with Gasteiger partial charge in [0, 0.05) is 17.8 Å². The molecule has 1 N–H and O–H groups in total. The van der Waals surface area contributed by atoms with Crippen LogP contribution in [0.2, 0.25) is 0 Å². The van der Waals surface area contributed by atoms with Crippen molar-refractivity contribution in [1.29, 1.82) is 0 Å². The van der Waals surface area contributed by atoms with Gasteiger partial charge in [-0.3, -0.25) is 9.36 Å². The molecule has 1 aromatic heterocycles. The van der Waals surface area contributed by atoms with E-state index >= 15 is 0 Å². The number of amides is 1. The van der Waals surface area contributed by atoms with Crippen molar-refractivity contribution in [2.75, 3.05) is 13.3 Å². The number of hydrogen-bond acceptors (Lipinski definition) is 6. The molecule has 8 heteroatoms. The first-order valence-corrected chi connectivity index (χ1v) is 12.6. The van der Waals surface area contributed by atoms with Crippen molar-refractivity contribution in [2.24, 2.45) is 0 Å². The molecule has 0 spiro atoms. The lowest BCUT2D eigenvalue weighted by Crippen LogP contribution is -2.32. The van der Waals surface area contributed by atoms with Crippen LogP contribution in [0.15, 0.2) is 65.3 Å². The first kappa shape index (κ1) is 22.5. The number of allylic oxidation sites excluding steroid dienone is 1. The van der Waals surface area contributed by atoms with Crippen LogP contribution in [-0.4, -0.2) is 39.3 Å². The maximum absolute atomic E-state index is 12.8. The summed E-state index contributed by atoms with van der Waals surface area (Å²) in [6.07, 6.45) is 8.11. The summed E-state index contributed by atoms with van der Waals surface area (Å²) in [5.41, 5.74) is 3.26. The SMILES string of the molecule is CC(Sc1nnc(-c2ccc3c(c2)OCO3)n1-c1ccccc1)C(=O)NCCC1=CCCCC1. The summed E-state index contributed by atoms with van der Waals surface area (Å²) in [5.74, 6) is 2.10. The predicted molar refractivity (Wildman–Crippen MR) is 132 cm³/mol. The van der Waals surface area contributed by atoms with Gasteiger partial charge in [0.25, 0.3) is 0 Å². The minimum atomic E-state index is -0.309. The highest BCUT2D eigenvalue weighted by Gasteiger charge is 2.23. The summed E-state index contributed by atoms with van der Waals surface area (Å²) in [6, 6.07) is 15.7. The molecule has 0 saturated heterocycles. The van der Waals surface area contributed by atoms with Crippen LogP contribution in [-0.2, 0) is 4.79 Å². The second-order valence-electron chi connectivity index (χ2n) is 8.45. The van der Waals surface area contributed by atoms with Gasteiger partial charge < -0.3 is 14.8 Å². The van der Waals surface area contributed by atoms with Crippen LogP contribution in [0.5, 0.6) is 11.5 Å². The Morgan fingerprint density at radius 2 is 1.97 bits per heavy atom. The molecule has 2 aliphatic rings. The summed E-state index contributed by atoms with van der Waals surface area (Å²) >= 11 is 1.41. The predicted octanol–water partition coefficient (Wildman–Crippen LogP) is 5.15. The Hall–Kier alpha value is -3.26. The zero-order valence-corrected chi connectivity index (χ0v) is 20.0. The van der Waals surface area contributed by atoms with Crippen molar-refractivity contribution in [2.45, 2.75) is 49.4 Å². The number of benzene rings is 2. The van der Waals surface area contributed by atoms with Gasteiger partial charge in [0.05, 0.1) is 5.25 Å². The standard InChI is InChI=1S/C26H28N4O3S/c1-18(25(31)27-15-14-19-8-4-2-5-9-19)34-26-29-28-24(30(26)21-10-6-3-7-11-21)20-12-13-22-23(16-20)33-17-32-22/h3,6-8,10-13,16,18H,2,4-5,9,14-15,17H2,1H3,(H,27,31). The largest absolute Gasteiger partial charge is 0.454 e. The van der Waals surface area contributed by atoms with Gasteiger partial charge in [-0.25, -0.2) is 0 Å². The van der Waals surface area contributed by atoms with Gasteiger partial charge in [0.2, 0.25) is 12.7 Å². The molecule has 5 rings (SSSR count). The number of carbonyl (C=O) groups is 1. The zero-order chi connectivity index (χ0) is 23.3. The van der Waals surface area contributed by atoms with E-state index in [1.165, 1.54) is 30.2 Å². The summed E-state index contributed by atoms with van der Waals surface area (Å²) < 4.78 is 13.0. The summed E-state index contributed by atoms with van der Waals surface area (Å²) in [6.45, 7) is 2.79. The van der Waals surface area contributed by atoms with Crippen LogP contribution in [0, 0.1) is 0 Å². The number of carbonyl (C=O) groups excluding carboxylic acids is 1. The molecule has 2 aromatic carbocycles. The lowest BCUT2D eigenvalue weighted by Gasteiger charge is -2.15. The normalized spacial score (nSPS) is 15.6. The van der Waals surface area contributed by atoms with Gasteiger partial charge in [0.15, 0.2) is 22.5 Å². The molecule has 0 bridgehead atoms. The number of aromatic nitrogens is 3. The zero-order valence-electron chi connectivity index (χ0n) is 19.2. The molecule has 0 fully saturated rings. The van der Waals surface area contributed by atoms with E-state index in [1.807, 2.05) is 60.0 Å². The average Bonchev–Trinajstić information content (AvgIpc) is 3.51. The molecular formula is C26H28N4O3S. The van der Waals surface area contributed by atoms with E-state index in [-0.39, 0.29) is 18.0 Å². The highest BCUT2D eigenvalue weighted by molar-refractivity contribution is 8.00. The number of nitrogens with one attached hydrogen (secondary N) is 1. The Bertz CT molecular complexity index is 1190. The second-order valence-corrected chi connectivity index (χ2v) is 9.76. The Kier molecular flexibility index (Phi) is 6.85. The Morgan fingerprint density at radius 3 is 2.79 bits per heavy atom. The van der Waals surface area contributed by atoms with Crippen LogP contribution in [0.3, 0.4) is 0 Å². The van der Waals surface area contributed by atoms with Crippen LogP contribution < -0.4 is 14.8 Å². The van der Waals surface area contributed by atoms with Crippen LogP contribution in [0.4, 0.5) is 0 Å². The molecule has 0 saturated carbocycles. The molecule has 0 radical (unpaired) electrons. The number of rotatable bonds is 8. The fourth-order valence-electron chi connectivity index (χ4n) is 4.21. The van der Waals surface area contributed by atoms with Crippen molar-refractivity contribution in [3.63, 3.8) is 0 Å². The van der Waals surface area contributed by atoms with E-state index in [4.69, 9.17) is 9.47 Å². The van der Waals surface area contributed by atoms with Crippen molar-refractivity contribution < 1.29 is 14.3 Å². The number of para-hydroxylation sites is 1. The van der Waals surface area contributed by atoms with E-state index in [0.717, 1.165) is 36.3 Å². The van der Waals surface area contributed by atoms with Gasteiger partial charge in [-0.2, -0.15) is 0 Å². The molecule has 1 aliphatic carbocycles. The van der Waals surface area contributed by atoms with Gasteiger partial charge in [-0.05, 0) is 69.4 Å². The molecular weight excluding hydrogens is 448 g/mol. The third-order valence-electron chi connectivity index (χ3n) is 6.06. The summed E-state index contributed by atoms with van der Waals surface area (Å²) in [7, 11) is 0. The van der Waals surface area contributed by atoms with Gasteiger partial charge in [-0.1, -0.05) is 41.6 Å². The molecule has 1 aliphatic heterocycles. The lowest BCUT2D eigenvalue weighted by atomic mass is 9.97. The highest BCUT2D eigenvalue weighted by atomic mass is 32.2. The monoisotopic (exact) mass is 476 g/mol. The molecule has 7 nitrogen and oxygen atoms in total. The first-order valence-electron chi connectivity index (χ1n) is 11.7. The van der Waals surface area contributed by atoms with Crippen molar-refractivity contribution in [3.05, 3.63) is 60.2 Å². The van der Waals surface area contributed by atoms with Crippen LogP contribution >= 0.6 is 11.8 Å².